The highest BCUT2D eigenvalue weighted by Crippen LogP contribution is 2.26. The van der Waals surface area contributed by atoms with Crippen LogP contribution < -0.4 is 10.2 Å². The lowest BCUT2D eigenvalue weighted by Gasteiger charge is -2.38. The molecule has 2 saturated heterocycles. The number of piperidine rings is 1. The topological polar surface area (TPSA) is 49.4 Å². The molecule has 3 rings (SSSR count). The van der Waals surface area contributed by atoms with Crippen LogP contribution in [0.25, 0.3) is 0 Å². The first-order valence-corrected chi connectivity index (χ1v) is 9.97. The molecule has 5 heteroatoms. The van der Waals surface area contributed by atoms with Gasteiger partial charge in [-0.3, -0.25) is 0 Å². The Morgan fingerprint density at radius 2 is 2.00 bits per heavy atom. The quantitative estimate of drug-likeness (QED) is 0.926. The number of nitrogens with zero attached hydrogens (tertiary/aromatic N) is 1. The summed E-state index contributed by atoms with van der Waals surface area (Å²) in [6.07, 6.45) is 2.89. The standard InChI is InChI=1S/C17H26N2O2S/c1-14-4-3-5-16(12-14)19-9-6-15(7-10-19)18-17(2)8-11-22(20,21)13-17/h3-5,12,15,18H,6-11,13H2,1-2H3. The van der Waals surface area contributed by atoms with Crippen LogP contribution in [0.15, 0.2) is 24.3 Å². The highest BCUT2D eigenvalue weighted by Gasteiger charge is 2.39. The molecule has 0 aromatic heterocycles. The first-order valence-electron chi connectivity index (χ1n) is 8.15. The third kappa shape index (κ3) is 3.63. The van der Waals surface area contributed by atoms with E-state index in [9.17, 15) is 8.42 Å². The molecule has 0 radical (unpaired) electrons. The van der Waals surface area contributed by atoms with Crippen LogP contribution in [0.5, 0.6) is 0 Å². The van der Waals surface area contributed by atoms with Crippen molar-refractivity contribution in [3.05, 3.63) is 29.8 Å². The lowest BCUT2D eigenvalue weighted by molar-refractivity contribution is 0.303. The van der Waals surface area contributed by atoms with Crippen LogP contribution in [-0.4, -0.2) is 44.6 Å². The predicted octanol–water partition coefficient (Wildman–Crippen LogP) is 2.13. The van der Waals surface area contributed by atoms with Crippen molar-refractivity contribution in [1.82, 2.24) is 5.32 Å². The minimum Gasteiger partial charge on any atom is -0.371 e. The third-order valence-corrected chi connectivity index (χ3v) is 6.82. The summed E-state index contributed by atoms with van der Waals surface area (Å²) < 4.78 is 23.4. The van der Waals surface area contributed by atoms with Gasteiger partial charge in [-0.25, -0.2) is 8.42 Å². The fraction of sp³-hybridized carbons (Fsp3) is 0.647. The maximum atomic E-state index is 11.7. The van der Waals surface area contributed by atoms with E-state index in [1.165, 1.54) is 11.3 Å². The van der Waals surface area contributed by atoms with Gasteiger partial charge in [0.2, 0.25) is 0 Å². The summed E-state index contributed by atoms with van der Waals surface area (Å²) in [7, 11) is -2.84. The van der Waals surface area contributed by atoms with Crippen molar-refractivity contribution in [3.8, 4) is 0 Å². The molecule has 2 aliphatic rings. The summed E-state index contributed by atoms with van der Waals surface area (Å²) in [6, 6.07) is 9.07. The maximum Gasteiger partial charge on any atom is 0.152 e. The van der Waals surface area contributed by atoms with Crippen molar-refractivity contribution >= 4 is 15.5 Å². The fourth-order valence-corrected chi connectivity index (χ4v) is 5.83. The molecule has 0 aliphatic carbocycles. The van der Waals surface area contributed by atoms with Crippen molar-refractivity contribution in [2.75, 3.05) is 29.5 Å². The number of aryl methyl sites for hydroxylation is 1. The summed E-state index contributed by atoms with van der Waals surface area (Å²) >= 11 is 0. The Morgan fingerprint density at radius 1 is 1.27 bits per heavy atom. The van der Waals surface area contributed by atoms with Crippen LogP contribution in [-0.2, 0) is 9.84 Å². The molecule has 0 amide bonds. The van der Waals surface area contributed by atoms with Crippen molar-refractivity contribution in [2.45, 2.75) is 44.7 Å². The van der Waals surface area contributed by atoms with E-state index in [-0.39, 0.29) is 11.3 Å². The monoisotopic (exact) mass is 322 g/mol. The van der Waals surface area contributed by atoms with Crippen molar-refractivity contribution in [2.24, 2.45) is 0 Å². The molecule has 1 aromatic carbocycles. The Labute approximate surface area is 133 Å². The molecule has 2 fully saturated rings. The van der Waals surface area contributed by atoms with E-state index in [0.717, 1.165) is 32.4 Å². The number of benzene rings is 1. The molecule has 1 atom stereocenters. The molecule has 1 N–H and O–H groups in total. The van der Waals surface area contributed by atoms with Crippen molar-refractivity contribution < 1.29 is 8.42 Å². The van der Waals surface area contributed by atoms with E-state index in [1.54, 1.807) is 0 Å². The van der Waals surface area contributed by atoms with Crippen molar-refractivity contribution in [3.63, 3.8) is 0 Å². The second-order valence-corrected chi connectivity index (χ2v) is 9.33. The van der Waals surface area contributed by atoms with E-state index in [0.29, 0.717) is 11.8 Å². The Morgan fingerprint density at radius 3 is 2.59 bits per heavy atom. The first-order chi connectivity index (χ1) is 10.4. The molecular weight excluding hydrogens is 296 g/mol. The largest absolute Gasteiger partial charge is 0.371 e. The second-order valence-electron chi connectivity index (χ2n) is 7.15. The lowest BCUT2D eigenvalue weighted by atomic mass is 9.96. The lowest BCUT2D eigenvalue weighted by Crippen LogP contribution is -2.52. The fourth-order valence-electron chi connectivity index (χ4n) is 3.72. The molecular formula is C17H26N2O2S. The van der Waals surface area contributed by atoms with Crippen LogP contribution in [0, 0.1) is 6.92 Å². The smallest absolute Gasteiger partial charge is 0.152 e. The zero-order chi connectivity index (χ0) is 15.8. The molecule has 4 nitrogen and oxygen atoms in total. The molecule has 0 spiro atoms. The van der Waals surface area contributed by atoms with Crippen LogP contribution in [0.1, 0.15) is 31.7 Å². The van der Waals surface area contributed by atoms with Gasteiger partial charge in [-0.15, -0.1) is 0 Å². The number of sulfone groups is 1. The van der Waals surface area contributed by atoms with Crippen LogP contribution >= 0.6 is 0 Å². The summed E-state index contributed by atoms with van der Waals surface area (Å²) in [4.78, 5) is 2.43. The highest BCUT2D eigenvalue weighted by molar-refractivity contribution is 7.91. The van der Waals surface area contributed by atoms with Gasteiger partial charge < -0.3 is 10.2 Å². The number of hydrogen-bond acceptors (Lipinski definition) is 4. The number of hydrogen-bond donors (Lipinski definition) is 1. The predicted molar refractivity (Wildman–Crippen MR) is 91.2 cm³/mol. The molecule has 0 saturated carbocycles. The van der Waals surface area contributed by atoms with Gasteiger partial charge in [0.1, 0.15) is 0 Å². The van der Waals surface area contributed by atoms with Gasteiger partial charge in [0.15, 0.2) is 9.84 Å². The average Bonchev–Trinajstić information content (AvgIpc) is 2.73. The van der Waals surface area contributed by atoms with E-state index < -0.39 is 9.84 Å². The number of anilines is 1. The summed E-state index contributed by atoms with van der Waals surface area (Å²) in [5.74, 6) is 0.622. The van der Waals surface area contributed by atoms with Gasteiger partial charge >= 0.3 is 0 Å². The summed E-state index contributed by atoms with van der Waals surface area (Å²) in [5.41, 5.74) is 2.36. The molecule has 122 valence electrons. The SMILES string of the molecule is Cc1cccc(N2CCC(NC3(C)CCS(=O)(=O)C3)CC2)c1. The van der Waals surface area contributed by atoms with Gasteiger partial charge in [0.05, 0.1) is 11.5 Å². The van der Waals surface area contributed by atoms with Gasteiger partial charge in [-0.1, -0.05) is 12.1 Å². The Hall–Kier alpha value is -1.07. The molecule has 2 heterocycles. The Balaban J connectivity index is 1.56. The third-order valence-electron chi connectivity index (χ3n) is 4.92. The van der Waals surface area contributed by atoms with Crippen molar-refractivity contribution in [1.29, 1.82) is 0 Å². The zero-order valence-electron chi connectivity index (χ0n) is 13.5. The average molecular weight is 322 g/mol. The van der Waals surface area contributed by atoms with Gasteiger partial charge in [-0.05, 0) is 50.8 Å². The first kappa shape index (κ1) is 15.8. The zero-order valence-corrected chi connectivity index (χ0v) is 14.3. The van der Waals surface area contributed by atoms with E-state index in [2.05, 4.69) is 48.3 Å². The van der Waals surface area contributed by atoms with Gasteiger partial charge in [-0.2, -0.15) is 0 Å². The summed E-state index contributed by atoms with van der Waals surface area (Å²) in [6.45, 7) is 6.25. The molecule has 22 heavy (non-hydrogen) atoms. The Bertz CT molecular complexity index is 636. The van der Waals surface area contributed by atoms with E-state index in [4.69, 9.17) is 0 Å². The van der Waals surface area contributed by atoms with Crippen LogP contribution in [0.2, 0.25) is 0 Å². The maximum absolute atomic E-state index is 11.7. The normalized spacial score (nSPS) is 28.9. The highest BCUT2D eigenvalue weighted by atomic mass is 32.2. The molecule has 0 bridgehead atoms. The Kier molecular flexibility index (Phi) is 4.21. The van der Waals surface area contributed by atoms with Crippen LogP contribution in [0.4, 0.5) is 5.69 Å². The van der Waals surface area contributed by atoms with E-state index in [1.807, 2.05) is 0 Å². The van der Waals surface area contributed by atoms with Crippen LogP contribution in [0.3, 0.4) is 0 Å². The number of nitrogens with one attached hydrogen (secondary N) is 1. The number of rotatable bonds is 3. The minimum atomic E-state index is -2.84. The van der Waals surface area contributed by atoms with Gasteiger partial charge in [0, 0.05) is 30.4 Å². The summed E-state index contributed by atoms with van der Waals surface area (Å²) in [5, 5.41) is 3.63. The van der Waals surface area contributed by atoms with E-state index >= 15 is 0 Å². The molecule has 1 aromatic rings. The molecule has 2 aliphatic heterocycles. The van der Waals surface area contributed by atoms with Gasteiger partial charge in [0.25, 0.3) is 0 Å². The molecule has 1 unspecified atom stereocenters. The second kappa shape index (κ2) is 5.85. The minimum absolute atomic E-state index is 0.227.